The van der Waals surface area contributed by atoms with Gasteiger partial charge in [0, 0.05) is 49.6 Å². The highest BCUT2D eigenvalue weighted by molar-refractivity contribution is 5.89. The SMILES string of the molecule is CC(=O)NC(Cc1c[nH]c2ccccc12)C(=O)N1CC2CCC(N)C2C1.Cl. The van der Waals surface area contributed by atoms with Crippen molar-refractivity contribution in [1.82, 2.24) is 15.2 Å². The summed E-state index contributed by atoms with van der Waals surface area (Å²) in [6, 6.07) is 7.67. The lowest BCUT2D eigenvalue weighted by atomic mass is 9.98. The molecule has 0 radical (unpaired) electrons. The first-order valence-electron chi connectivity index (χ1n) is 9.39. The predicted octanol–water partition coefficient (Wildman–Crippen LogP) is 1.83. The number of likely N-dealkylation sites (tertiary alicyclic amines) is 1. The minimum atomic E-state index is -0.540. The molecule has 2 aromatic rings. The standard InChI is InChI=1S/C20H26N4O2.ClH/c1-12(25)23-19(8-14-9-22-18-5-3-2-4-15(14)18)20(26)24-10-13-6-7-17(21)16(13)11-24;/h2-5,9,13,16-17,19,22H,6-8,10-11,21H2,1H3,(H,23,25);1H. The summed E-state index contributed by atoms with van der Waals surface area (Å²) in [5.74, 6) is 0.747. The van der Waals surface area contributed by atoms with Gasteiger partial charge in [-0.05, 0) is 36.3 Å². The van der Waals surface area contributed by atoms with Crippen LogP contribution in [0.5, 0.6) is 0 Å². The van der Waals surface area contributed by atoms with Gasteiger partial charge in [-0.2, -0.15) is 0 Å². The first-order chi connectivity index (χ1) is 12.5. The van der Waals surface area contributed by atoms with Crippen molar-refractivity contribution >= 4 is 35.1 Å². The lowest BCUT2D eigenvalue weighted by molar-refractivity contribution is -0.135. The van der Waals surface area contributed by atoms with Gasteiger partial charge in [-0.3, -0.25) is 9.59 Å². The quantitative estimate of drug-likeness (QED) is 0.743. The van der Waals surface area contributed by atoms with Crippen LogP contribution in [0.4, 0.5) is 0 Å². The smallest absolute Gasteiger partial charge is 0.245 e. The maximum atomic E-state index is 13.1. The average molecular weight is 391 g/mol. The van der Waals surface area contributed by atoms with Crippen LogP contribution < -0.4 is 11.1 Å². The molecule has 1 aliphatic heterocycles. The van der Waals surface area contributed by atoms with Gasteiger partial charge < -0.3 is 20.9 Å². The summed E-state index contributed by atoms with van der Waals surface area (Å²) in [6.07, 6.45) is 4.58. The average Bonchev–Trinajstić information content (AvgIpc) is 3.30. The lowest BCUT2D eigenvalue weighted by Gasteiger charge is -2.25. The number of para-hydroxylation sites is 1. The summed E-state index contributed by atoms with van der Waals surface area (Å²) >= 11 is 0. The van der Waals surface area contributed by atoms with Crippen molar-refractivity contribution in [2.45, 2.75) is 38.3 Å². The van der Waals surface area contributed by atoms with Crippen LogP contribution in [0.1, 0.15) is 25.3 Å². The van der Waals surface area contributed by atoms with Crippen LogP contribution in [0, 0.1) is 11.8 Å². The molecule has 4 rings (SSSR count). The van der Waals surface area contributed by atoms with Gasteiger partial charge in [0.05, 0.1) is 0 Å². The Balaban J connectivity index is 0.00000210. The first kappa shape index (κ1) is 19.7. The molecule has 27 heavy (non-hydrogen) atoms. The molecule has 7 heteroatoms. The van der Waals surface area contributed by atoms with Gasteiger partial charge in [0.1, 0.15) is 6.04 Å². The minimum Gasteiger partial charge on any atom is -0.361 e. The molecule has 6 nitrogen and oxygen atoms in total. The Morgan fingerprint density at radius 3 is 2.81 bits per heavy atom. The number of nitrogens with zero attached hydrogens (tertiary/aromatic N) is 1. The second kappa shape index (κ2) is 7.90. The Labute approximate surface area is 165 Å². The first-order valence-corrected chi connectivity index (χ1v) is 9.39. The molecule has 4 unspecified atom stereocenters. The molecule has 1 aromatic carbocycles. The maximum absolute atomic E-state index is 13.1. The number of carbonyl (C=O) groups is 2. The molecule has 1 aliphatic carbocycles. The Bertz CT molecular complexity index is 836. The van der Waals surface area contributed by atoms with Crippen molar-refractivity contribution in [3.8, 4) is 0 Å². The number of nitrogens with two attached hydrogens (primary N) is 1. The van der Waals surface area contributed by atoms with E-state index in [1.54, 1.807) is 0 Å². The number of fused-ring (bicyclic) bond motifs is 2. The third kappa shape index (κ3) is 3.82. The summed E-state index contributed by atoms with van der Waals surface area (Å²) in [5.41, 5.74) is 8.28. The summed E-state index contributed by atoms with van der Waals surface area (Å²) in [4.78, 5) is 30.0. The van der Waals surface area contributed by atoms with Gasteiger partial charge in [-0.15, -0.1) is 12.4 Å². The molecule has 1 aromatic heterocycles. The number of hydrogen-bond donors (Lipinski definition) is 3. The molecule has 2 heterocycles. The number of nitrogens with one attached hydrogen (secondary N) is 2. The van der Waals surface area contributed by atoms with E-state index < -0.39 is 6.04 Å². The van der Waals surface area contributed by atoms with Crippen LogP contribution in [-0.4, -0.2) is 46.9 Å². The number of H-pyrrole nitrogens is 1. The van der Waals surface area contributed by atoms with Crippen molar-refractivity contribution in [3.63, 3.8) is 0 Å². The summed E-state index contributed by atoms with van der Waals surface area (Å²) in [5, 5.41) is 3.95. The minimum absolute atomic E-state index is 0. The molecule has 1 saturated heterocycles. The highest BCUT2D eigenvalue weighted by atomic mass is 35.5. The van der Waals surface area contributed by atoms with Gasteiger partial charge >= 0.3 is 0 Å². The Kier molecular flexibility index (Phi) is 5.77. The van der Waals surface area contributed by atoms with E-state index >= 15 is 0 Å². The van der Waals surface area contributed by atoms with Crippen LogP contribution in [0.25, 0.3) is 10.9 Å². The van der Waals surface area contributed by atoms with E-state index in [0.717, 1.165) is 35.9 Å². The zero-order valence-corrected chi connectivity index (χ0v) is 16.3. The summed E-state index contributed by atoms with van der Waals surface area (Å²) < 4.78 is 0. The number of carbonyl (C=O) groups excluding carboxylic acids is 2. The monoisotopic (exact) mass is 390 g/mol. The number of benzene rings is 1. The van der Waals surface area contributed by atoms with Crippen LogP contribution >= 0.6 is 12.4 Å². The Morgan fingerprint density at radius 1 is 1.30 bits per heavy atom. The highest BCUT2D eigenvalue weighted by Gasteiger charge is 2.43. The molecule has 1 saturated carbocycles. The van der Waals surface area contributed by atoms with Gasteiger partial charge in [-0.25, -0.2) is 0 Å². The van der Waals surface area contributed by atoms with Gasteiger partial charge in [0.25, 0.3) is 0 Å². The molecule has 146 valence electrons. The molecule has 2 fully saturated rings. The number of aromatic amines is 1. The third-order valence-electron chi connectivity index (χ3n) is 6.00. The van der Waals surface area contributed by atoms with E-state index in [1.807, 2.05) is 35.4 Å². The van der Waals surface area contributed by atoms with Gasteiger partial charge in [0.2, 0.25) is 11.8 Å². The zero-order chi connectivity index (χ0) is 18.3. The predicted molar refractivity (Wildman–Crippen MR) is 108 cm³/mol. The number of rotatable bonds is 4. The summed E-state index contributed by atoms with van der Waals surface area (Å²) in [6.45, 7) is 2.94. The van der Waals surface area contributed by atoms with E-state index in [0.29, 0.717) is 24.8 Å². The van der Waals surface area contributed by atoms with E-state index in [9.17, 15) is 9.59 Å². The van der Waals surface area contributed by atoms with Crippen molar-refractivity contribution in [2.75, 3.05) is 13.1 Å². The van der Waals surface area contributed by atoms with Crippen LogP contribution in [0.15, 0.2) is 30.5 Å². The van der Waals surface area contributed by atoms with Crippen LogP contribution in [0.3, 0.4) is 0 Å². The molecule has 0 spiro atoms. The number of amides is 2. The fraction of sp³-hybridized carbons (Fsp3) is 0.500. The molecular weight excluding hydrogens is 364 g/mol. The van der Waals surface area contributed by atoms with E-state index in [2.05, 4.69) is 10.3 Å². The Morgan fingerprint density at radius 2 is 2.07 bits per heavy atom. The van der Waals surface area contributed by atoms with E-state index in [4.69, 9.17) is 5.73 Å². The fourth-order valence-corrected chi connectivity index (χ4v) is 4.67. The van der Waals surface area contributed by atoms with Gasteiger partial charge in [-0.1, -0.05) is 18.2 Å². The van der Waals surface area contributed by atoms with E-state index in [1.165, 1.54) is 6.92 Å². The topological polar surface area (TPSA) is 91.2 Å². The third-order valence-corrected chi connectivity index (χ3v) is 6.00. The van der Waals surface area contributed by atoms with Crippen molar-refractivity contribution < 1.29 is 9.59 Å². The van der Waals surface area contributed by atoms with E-state index in [-0.39, 0.29) is 30.3 Å². The second-order valence-electron chi connectivity index (χ2n) is 7.73. The largest absolute Gasteiger partial charge is 0.361 e. The normalized spacial score (nSPS) is 25.1. The van der Waals surface area contributed by atoms with Crippen LogP contribution in [-0.2, 0) is 16.0 Å². The number of halogens is 1. The number of aromatic nitrogens is 1. The molecule has 2 amide bonds. The summed E-state index contributed by atoms with van der Waals surface area (Å²) in [7, 11) is 0. The molecule has 4 atom stereocenters. The molecule has 0 bridgehead atoms. The van der Waals surface area contributed by atoms with Crippen molar-refractivity contribution in [2.24, 2.45) is 17.6 Å². The van der Waals surface area contributed by atoms with Crippen molar-refractivity contribution in [1.29, 1.82) is 0 Å². The molecule has 2 aliphatic rings. The fourth-order valence-electron chi connectivity index (χ4n) is 4.67. The Hall–Kier alpha value is -2.05. The zero-order valence-electron chi connectivity index (χ0n) is 15.5. The molecule has 4 N–H and O–H groups in total. The molecular formula is C20H27ClN4O2. The highest BCUT2D eigenvalue weighted by Crippen LogP contribution is 2.37. The van der Waals surface area contributed by atoms with Crippen LogP contribution in [0.2, 0.25) is 0 Å². The number of hydrogen-bond acceptors (Lipinski definition) is 3. The van der Waals surface area contributed by atoms with Crippen molar-refractivity contribution in [3.05, 3.63) is 36.0 Å². The lowest BCUT2D eigenvalue weighted by Crippen LogP contribution is -2.49. The maximum Gasteiger partial charge on any atom is 0.245 e. The second-order valence-corrected chi connectivity index (χ2v) is 7.73. The van der Waals surface area contributed by atoms with Gasteiger partial charge in [0.15, 0.2) is 0 Å².